The number of aryl methyl sites for hydroxylation is 1. The van der Waals surface area contributed by atoms with Crippen molar-refractivity contribution >= 4 is 28.5 Å². The molecule has 4 nitrogen and oxygen atoms in total. The normalized spacial score (nSPS) is 10.9. The van der Waals surface area contributed by atoms with Crippen molar-refractivity contribution in [1.29, 1.82) is 0 Å². The topological polar surface area (TPSA) is 42.7 Å². The maximum Gasteiger partial charge on any atom is 0.130 e. The second-order valence-corrected chi connectivity index (χ2v) is 5.63. The molecule has 102 valence electrons. The van der Waals surface area contributed by atoms with E-state index in [1.165, 1.54) is 15.8 Å². The molecule has 0 aliphatic rings. The third-order valence-electron chi connectivity index (χ3n) is 3.12. The highest BCUT2D eigenvalue weighted by Crippen LogP contribution is 2.27. The Morgan fingerprint density at radius 2 is 2.15 bits per heavy atom. The molecule has 5 heteroatoms. The molecule has 1 N–H and O–H groups in total. The fourth-order valence-electron chi connectivity index (χ4n) is 2.12. The quantitative estimate of drug-likeness (QED) is 0.746. The summed E-state index contributed by atoms with van der Waals surface area (Å²) in [7, 11) is 3.84. The predicted molar refractivity (Wildman–Crippen MR) is 84.1 cm³/mol. The molecule has 0 aliphatic carbocycles. The largest absolute Gasteiger partial charge is 0.373 e. The molecular formula is C15H16N4S. The number of hydrogen-bond donors (Lipinski definition) is 1. The maximum absolute atomic E-state index is 4.67. The Labute approximate surface area is 122 Å². The van der Waals surface area contributed by atoms with Crippen LogP contribution in [0.3, 0.4) is 0 Å². The lowest BCUT2D eigenvalue weighted by Crippen LogP contribution is -1.98. The summed E-state index contributed by atoms with van der Waals surface area (Å²) in [4.78, 5) is 5.84. The highest BCUT2D eigenvalue weighted by atomic mass is 32.2. The summed E-state index contributed by atoms with van der Waals surface area (Å²) in [5.41, 5.74) is 2.23. The van der Waals surface area contributed by atoms with Gasteiger partial charge in [-0.3, -0.25) is 4.68 Å². The van der Waals surface area contributed by atoms with Gasteiger partial charge in [0.1, 0.15) is 5.82 Å². The molecule has 0 aliphatic heterocycles. The number of benzene rings is 1. The number of nitrogens with zero attached hydrogens (tertiary/aromatic N) is 3. The monoisotopic (exact) mass is 284 g/mol. The molecule has 3 aromatic rings. The van der Waals surface area contributed by atoms with E-state index in [9.17, 15) is 0 Å². The van der Waals surface area contributed by atoms with Crippen LogP contribution in [-0.4, -0.2) is 21.8 Å². The number of pyridine rings is 1. The minimum absolute atomic E-state index is 0.875. The van der Waals surface area contributed by atoms with Gasteiger partial charge in [0.25, 0.3) is 0 Å². The summed E-state index contributed by atoms with van der Waals surface area (Å²) in [6.07, 6.45) is 3.91. The lowest BCUT2D eigenvalue weighted by Gasteiger charge is -2.09. The van der Waals surface area contributed by atoms with E-state index >= 15 is 0 Å². The molecule has 0 saturated heterocycles. The van der Waals surface area contributed by atoms with Crippen LogP contribution in [0.1, 0.15) is 5.56 Å². The van der Waals surface area contributed by atoms with Crippen LogP contribution in [0.2, 0.25) is 0 Å². The first-order valence-corrected chi connectivity index (χ1v) is 7.42. The van der Waals surface area contributed by atoms with Gasteiger partial charge < -0.3 is 5.32 Å². The van der Waals surface area contributed by atoms with Crippen LogP contribution in [0, 0.1) is 0 Å². The fourth-order valence-corrected chi connectivity index (χ4v) is 3.01. The van der Waals surface area contributed by atoms with E-state index < -0.39 is 0 Å². The van der Waals surface area contributed by atoms with Gasteiger partial charge in [-0.25, -0.2) is 4.98 Å². The highest BCUT2D eigenvalue weighted by molar-refractivity contribution is 7.98. The van der Waals surface area contributed by atoms with Gasteiger partial charge in [0.05, 0.1) is 11.7 Å². The van der Waals surface area contributed by atoms with Crippen LogP contribution >= 0.6 is 11.8 Å². The van der Waals surface area contributed by atoms with Gasteiger partial charge in [-0.15, -0.1) is 11.8 Å². The van der Waals surface area contributed by atoms with Gasteiger partial charge >= 0.3 is 0 Å². The molecule has 20 heavy (non-hydrogen) atoms. The van der Waals surface area contributed by atoms with Crippen LogP contribution < -0.4 is 5.32 Å². The molecule has 0 unspecified atom stereocenters. The van der Waals surface area contributed by atoms with Gasteiger partial charge in [0.15, 0.2) is 0 Å². The van der Waals surface area contributed by atoms with Crippen LogP contribution in [0.4, 0.5) is 5.82 Å². The Morgan fingerprint density at radius 1 is 1.30 bits per heavy atom. The van der Waals surface area contributed by atoms with Crippen molar-refractivity contribution in [2.75, 3.05) is 12.4 Å². The van der Waals surface area contributed by atoms with E-state index in [1.807, 2.05) is 49.4 Å². The zero-order valence-electron chi connectivity index (χ0n) is 11.5. The van der Waals surface area contributed by atoms with Gasteiger partial charge in [0.2, 0.25) is 0 Å². The van der Waals surface area contributed by atoms with Gasteiger partial charge in [-0.2, -0.15) is 5.10 Å². The van der Waals surface area contributed by atoms with Crippen molar-refractivity contribution < 1.29 is 0 Å². The van der Waals surface area contributed by atoms with Gasteiger partial charge in [-0.1, -0.05) is 18.2 Å². The first kappa shape index (κ1) is 13.0. The van der Waals surface area contributed by atoms with Crippen LogP contribution in [0.25, 0.3) is 10.9 Å². The number of hydrogen-bond acceptors (Lipinski definition) is 4. The first-order valence-electron chi connectivity index (χ1n) is 6.44. The zero-order chi connectivity index (χ0) is 13.9. The van der Waals surface area contributed by atoms with Gasteiger partial charge in [0, 0.05) is 41.9 Å². The number of nitrogens with one attached hydrogen (secondary N) is 1. The number of aromatic nitrogens is 3. The summed E-state index contributed by atoms with van der Waals surface area (Å²) in [6, 6.07) is 10.4. The smallest absolute Gasteiger partial charge is 0.130 e. The molecular weight excluding hydrogens is 268 g/mol. The van der Waals surface area contributed by atoms with E-state index in [0.29, 0.717) is 0 Å². The van der Waals surface area contributed by atoms with E-state index in [4.69, 9.17) is 0 Å². The van der Waals surface area contributed by atoms with E-state index in [2.05, 4.69) is 27.5 Å². The summed E-state index contributed by atoms with van der Waals surface area (Å²) in [5.74, 6) is 1.82. The molecule has 0 radical (unpaired) electrons. The average Bonchev–Trinajstić information content (AvgIpc) is 2.89. The number of rotatable bonds is 4. The molecule has 0 saturated carbocycles. The molecule has 3 rings (SSSR count). The lowest BCUT2D eigenvalue weighted by atomic mass is 10.1. The molecule has 1 aromatic carbocycles. The predicted octanol–water partition coefficient (Wildman–Crippen LogP) is 3.30. The maximum atomic E-state index is 4.67. The lowest BCUT2D eigenvalue weighted by molar-refractivity contribution is 0.766. The number of fused-ring (bicyclic) bond motifs is 1. The average molecular weight is 284 g/mol. The number of para-hydroxylation sites is 1. The zero-order valence-corrected chi connectivity index (χ0v) is 12.3. The minimum atomic E-state index is 0.875. The van der Waals surface area contributed by atoms with Crippen molar-refractivity contribution in [3.05, 3.63) is 48.3 Å². The summed E-state index contributed by atoms with van der Waals surface area (Å²) in [5, 5.41) is 8.54. The Balaban J connectivity index is 1.89. The second-order valence-electron chi connectivity index (χ2n) is 4.58. The standard InChI is InChI=1S/C15H16N4S/c1-16-15-12(10-20-13-8-17-19(2)9-13)7-11-5-3-4-6-14(11)18-15/h3-9H,10H2,1-2H3,(H,16,18). The van der Waals surface area contributed by atoms with Crippen LogP contribution in [0.15, 0.2) is 47.6 Å². The molecule has 0 bridgehead atoms. The minimum Gasteiger partial charge on any atom is -0.373 e. The third kappa shape index (κ3) is 2.63. The SMILES string of the molecule is CNc1nc2ccccc2cc1CSc1cnn(C)c1. The molecule has 2 aromatic heterocycles. The van der Waals surface area contributed by atoms with Crippen LogP contribution in [-0.2, 0) is 12.8 Å². The van der Waals surface area contributed by atoms with E-state index in [0.717, 1.165) is 17.1 Å². The Morgan fingerprint density at radius 3 is 2.90 bits per heavy atom. The van der Waals surface area contributed by atoms with E-state index in [-0.39, 0.29) is 0 Å². The van der Waals surface area contributed by atoms with Crippen molar-refractivity contribution in [1.82, 2.24) is 14.8 Å². The third-order valence-corrected chi connectivity index (χ3v) is 4.11. The molecule has 0 fully saturated rings. The van der Waals surface area contributed by atoms with Crippen molar-refractivity contribution in [2.45, 2.75) is 10.6 Å². The summed E-state index contributed by atoms with van der Waals surface area (Å²) >= 11 is 1.77. The van der Waals surface area contributed by atoms with Crippen LogP contribution in [0.5, 0.6) is 0 Å². The van der Waals surface area contributed by atoms with E-state index in [1.54, 1.807) is 11.8 Å². The van der Waals surface area contributed by atoms with Gasteiger partial charge in [-0.05, 0) is 12.1 Å². The highest BCUT2D eigenvalue weighted by Gasteiger charge is 2.07. The molecule has 0 amide bonds. The Kier molecular flexibility index (Phi) is 3.60. The van der Waals surface area contributed by atoms with Crippen molar-refractivity contribution in [2.24, 2.45) is 7.05 Å². The number of thioether (sulfide) groups is 1. The van der Waals surface area contributed by atoms with Crippen molar-refractivity contribution in [3.63, 3.8) is 0 Å². The Bertz CT molecular complexity index is 736. The fraction of sp³-hybridized carbons (Fsp3) is 0.200. The molecule has 0 spiro atoms. The number of anilines is 1. The summed E-state index contributed by atoms with van der Waals surface area (Å²) in [6.45, 7) is 0. The molecule has 2 heterocycles. The second kappa shape index (κ2) is 5.54. The first-order chi connectivity index (χ1) is 9.76. The molecule has 0 atom stereocenters. The Hall–Kier alpha value is -2.01. The van der Waals surface area contributed by atoms with Crippen molar-refractivity contribution in [3.8, 4) is 0 Å². The summed E-state index contributed by atoms with van der Waals surface area (Å²) < 4.78 is 1.82.